The van der Waals surface area contributed by atoms with Crippen molar-refractivity contribution in [2.24, 2.45) is 0 Å². The first kappa shape index (κ1) is 14.8. The molecule has 5 heteroatoms. The van der Waals surface area contributed by atoms with Crippen molar-refractivity contribution < 1.29 is 9.90 Å². The molecule has 2 N–H and O–H groups in total. The Morgan fingerprint density at radius 3 is 3.15 bits per heavy atom. The van der Waals surface area contributed by atoms with Crippen LogP contribution in [0.15, 0.2) is 18.5 Å². The summed E-state index contributed by atoms with van der Waals surface area (Å²) < 4.78 is 0. The largest absolute Gasteiger partial charge is 0.505 e. The highest BCUT2D eigenvalue weighted by Gasteiger charge is 2.17. The number of pyridine rings is 1. The fraction of sp³-hybridized carbons (Fsp3) is 0.600. The van der Waals surface area contributed by atoms with Crippen LogP contribution in [-0.2, 0) is 0 Å². The van der Waals surface area contributed by atoms with E-state index in [1.54, 1.807) is 0 Å². The average Bonchev–Trinajstić information content (AvgIpc) is 2.45. The van der Waals surface area contributed by atoms with Crippen molar-refractivity contribution in [3.8, 4) is 5.75 Å². The van der Waals surface area contributed by atoms with Gasteiger partial charge in [0.1, 0.15) is 5.75 Å². The van der Waals surface area contributed by atoms with Crippen LogP contribution in [-0.4, -0.2) is 46.6 Å². The van der Waals surface area contributed by atoms with Crippen molar-refractivity contribution >= 4 is 5.91 Å². The summed E-state index contributed by atoms with van der Waals surface area (Å²) >= 11 is 0. The van der Waals surface area contributed by atoms with E-state index in [0.29, 0.717) is 12.6 Å². The number of aromatic hydroxyl groups is 1. The number of hydrogen-bond donors (Lipinski definition) is 2. The molecule has 0 radical (unpaired) electrons. The number of piperidine rings is 1. The maximum Gasteiger partial charge on any atom is 0.255 e. The first-order valence-electron chi connectivity index (χ1n) is 7.33. The number of amides is 1. The van der Waals surface area contributed by atoms with Crippen LogP contribution >= 0.6 is 0 Å². The van der Waals surface area contributed by atoms with E-state index >= 15 is 0 Å². The molecule has 1 unspecified atom stereocenters. The Hall–Kier alpha value is -1.62. The van der Waals surface area contributed by atoms with E-state index < -0.39 is 0 Å². The molecule has 1 aliphatic rings. The van der Waals surface area contributed by atoms with Crippen LogP contribution in [0.1, 0.15) is 43.0 Å². The fourth-order valence-electron chi connectivity index (χ4n) is 2.65. The lowest BCUT2D eigenvalue weighted by molar-refractivity contribution is 0.0946. The highest BCUT2D eigenvalue weighted by atomic mass is 16.3. The third kappa shape index (κ3) is 3.93. The molecular formula is C15H23N3O2. The van der Waals surface area contributed by atoms with Gasteiger partial charge < -0.3 is 15.3 Å². The van der Waals surface area contributed by atoms with Crippen molar-refractivity contribution in [1.82, 2.24) is 15.2 Å². The Bertz CT molecular complexity index is 450. The molecule has 0 saturated carbocycles. The van der Waals surface area contributed by atoms with Gasteiger partial charge in [0.05, 0.1) is 11.8 Å². The van der Waals surface area contributed by atoms with Gasteiger partial charge in [-0.05, 0) is 38.8 Å². The molecule has 1 saturated heterocycles. The minimum Gasteiger partial charge on any atom is -0.505 e. The molecule has 0 aliphatic carbocycles. The zero-order valence-corrected chi connectivity index (χ0v) is 12.0. The number of carbonyl (C=O) groups excluding carboxylic acids is 1. The molecule has 0 bridgehead atoms. The van der Waals surface area contributed by atoms with Gasteiger partial charge >= 0.3 is 0 Å². The minimum absolute atomic E-state index is 0.0744. The van der Waals surface area contributed by atoms with Crippen molar-refractivity contribution in [2.45, 2.75) is 38.6 Å². The smallest absolute Gasteiger partial charge is 0.255 e. The standard InChI is InChI=1S/C15H23N3O2/c1-12-5-2-3-9-18(12)10-4-7-17-15(20)13-6-8-16-11-14(13)19/h6,8,11-12,19H,2-5,7,9-10H2,1H3,(H,17,20). The summed E-state index contributed by atoms with van der Waals surface area (Å²) in [6.45, 7) is 5.08. The Labute approximate surface area is 120 Å². The molecule has 2 rings (SSSR count). The first-order chi connectivity index (χ1) is 9.68. The normalized spacial score (nSPS) is 19.8. The highest BCUT2D eigenvalue weighted by Crippen LogP contribution is 2.16. The predicted octanol–water partition coefficient (Wildman–Crippen LogP) is 1.78. The lowest BCUT2D eigenvalue weighted by Gasteiger charge is -2.33. The van der Waals surface area contributed by atoms with E-state index in [0.717, 1.165) is 13.0 Å². The summed E-state index contributed by atoms with van der Waals surface area (Å²) in [5.74, 6) is -0.314. The van der Waals surface area contributed by atoms with Gasteiger partial charge in [0.15, 0.2) is 0 Å². The van der Waals surface area contributed by atoms with Crippen LogP contribution in [0, 0.1) is 0 Å². The molecule has 0 spiro atoms. The minimum atomic E-state index is -0.239. The van der Waals surface area contributed by atoms with Crippen molar-refractivity contribution in [3.63, 3.8) is 0 Å². The quantitative estimate of drug-likeness (QED) is 0.805. The van der Waals surface area contributed by atoms with Gasteiger partial charge in [0.25, 0.3) is 5.91 Å². The van der Waals surface area contributed by atoms with E-state index in [2.05, 4.69) is 22.1 Å². The van der Waals surface area contributed by atoms with E-state index in [1.165, 1.54) is 44.3 Å². The molecule has 1 atom stereocenters. The predicted molar refractivity (Wildman–Crippen MR) is 77.7 cm³/mol. The van der Waals surface area contributed by atoms with Crippen molar-refractivity contribution in [1.29, 1.82) is 0 Å². The monoisotopic (exact) mass is 277 g/mol. The number of carbonyl (C=O) groups is 1. The van der Waals surface area contributed by atoms with E-state index in [-0.39, 0.29) is 17.2 Å². The lowest BCUT2D eigenvalue weighted by Crippen LogP contribution is -2.39. The number of aromatic nitrogens is 1. The zero-order valence-electron chi connectivity index (χ0n) is 12.0. The fourth-order valence-corrected chi connectivity index (χ4v) is 2.65. The third-order valence-corrected chi connectivity index (χ3v) is 3.89. The van der Waals surface area contributed by atoms with E-state index in [4.69, 9.17) is 0 Å². The van der Waals surface area contributed by atoms with Crippen LogP contribution in [0.3, 0.4) is 0 Å². The summed E-state index contributed by atoms with van der Waals surface area (Å²) in [6, 6.07) is 2.18. The third-order valence-electron chi connectivity index (χ3n) is 3.89. The van der Waals surface area contributed by atoms with Crippen LogP contribution < -0.4 is 5.32 Å². The van der Waals surface area contributed by atoms with Gasteiger partial charge in [0.2, 0.25) is 0 Å². The van der Waals surface area contributed by atoms with Crippen LogP contribution in [0.5, 0.6) is 5.75 Å². The van der Waals surface area contributed by atoms with Gasteiger partial charge in [-0.25, -0.2) is 0 Å². The summed E-state index contributed by atoms with van der Waals surface area (Å²) in [7, 11) is 0. The number of rotatable bonds is 5. The second kappa shape index (κ2) is 7.24. The molecule has 20 heavy (non-hydrogen) atoms. The maximum atomic E-state index is 11.9. The number of hydrogen-bond acceptors (Lipinski definition) is 4. The second-order valence-corrected chi connectivity index (χ2v) is 5.38. The molecule has 1 fully saturated rings. The Morgan fingerprint density at radius 1 is 1.55 bits per heavy atom. The maximum absolute atomic E-state index is 11.9. The van der Waals surface area contributed by atoms with Gasteiger partial charge in [-0.3, -0.25) is 9.78 Å². The Morgan fingerprint density at radius 2 is 2.40 bits per heavy atom. The van der Waals surface area contributed by atoms with Gasteiger partial charge in [-0.2, -0.15) is 0 Å². The molecule has 1 aromatic heterocycles. The van der Waals surface area contributed by atoms with Crippen LogP contribution in [0.4, 0.5) is 0 Å². The average molecular weight is 277 g/mol. The number of likely N-dealkylation sites (tertiary alicyclic amines) is 1. The lowest BCUT2D eigenvalue weighted by atomic mass is 10.0. The van der Waals surface area contributed by atoms with Gasteiger partial charge in [-0.1, -0.05) is 6.42 Å². The summed E-state index contributed by atoms with van der Waals surface area (Å²) in [4.78, 5) is 18.1. The summed E-state index contributed by atoms with van der Waals surface area (Å²) in [5, 5.41) is 12.4. The molecule has 1 aliphatic heterocycles. The van der Waals surface area contributed by atoms with Crippen LogP contribution in [0.2, 0.25) is 0 Å². The second-order valence-electron chi connectivity index (χ2n) is 5.38. The van der Waals surface area contributed by atoms with Gasteiger partial charge in [0, 0.05) is 25.3 Å². The molecule has 1 aromatic rings. The Kier molecular flexibility index (Phi) is 5.35. The van der Waals surface area contributed by atoms with Crippen molar-refractivity contribution in [3.05, 3.63) is 24.0 Å². The molecule has 110 valence electrons. The van der Waals surface area contributed by atoms with Crippen LogP contribution in [0.25, 0.3) is 0 Å². The summed E-state index contributed by atoms with van der Waals surface area (Å²) in [6.07, 6.45) is 7.60. The van der Waals surface area contributed by atoms with Crippen molar-refractivity contribution in [2.75, 3.05) is 19.6 Å². The Balaban J connectivity index is 1.71. The summed E-state index contributed by atoms with van der Waals surface area (Å²) in [5.41, 5.74) is 0.284. The molecular weight excluding hydrogens is 254 g/mol. The van der Waals surface area contributed by atoms with E-state index in [1.807, 2.05) is 0 Å². The molecule has 5 nitrogen and oxygen atoms in total. The molecule has 2 heterocycles. The molecule has 1 amide bonds. The molecule has 0 aromatic carbocycles. The number of nitrogens with zero attached hydrogens (tertiary/aromatic N) is 2. The first-order valence-corrected chi connectivity index (χ1v) is 7.33. The SMILES string of the molecule is CC1CCCCN1CCCNC(=O)c1ccncc1O. The van der Waals surface area contributed by atoms with Gasteiger partial charge in [-0.15, -0.1) is 0 Å². The highest BCUT2D eigenvalue weighted by molar-refractivity contribution is 5.96. The van der Waals surface area contributed by atoms with E-state index in [9.17, 15) is 9.90 Å². The topological polar surface area (TPSA) is 65.5 Å². The number of nitrogens with one attached hydrogen (secondary N) is 1. The zero-order chi connectivity index (χ0) is 14.4.